The third-order valence-corrected chi connectivity index (χ3v) is 11.2. The van der Waals surface area contributed by atoms with Gasteiger partial charge >= 0.3 is 11.9 Å². The lowest BCUT2D eigenvalue weighted by molar-refractivity contribution is -0.163. The predicted molar refractivity (Wildman–Crippen MR) is 270 cm³/mol. The van der Waals surface area contributed by atoms with Crippen LogP contribution in [0.25, 0.3) is 0 Å². The van der Waals surface area contributed by atoms with Gasteiger partial charge in [0.2, 0.25) is 0 Å². The highest BCUT2D eigenvalue weighted by Crippen LogP contribution is 2.14. The highest BCUT2D eigenvalue weighted by molar-refractivity contribution is 5.70. The molecule has 0 bridgehead atoms. The van der Waals surface area contributed by atoms with Gasteiger partial charge in [0.1, 0.15) is 6.61 Å². The Bertz CT molecular complexity index is 1110. The smallest absolute Gasteiger partial charge is 0.306 e. The van der Waals surface area contributed by atoms with E-state index >= 15 is 0 Å². The molecule has 0 saturated carbocycles. The minimum Gasteiger partial charge on any atom is -0.462 e. The quantitative estimate of drug-likeness (QED) is 0.0346. The molecule has 62 heavy (non-hydrogen) atoms. The molecule has 0 aliphatic heterocycles. The molecular weight excluding hydrogens is 765 g/mol. The summed E-state index contributed by atoms with van der Waals surface area (Å²) >= 11 is 0. The van der Waals surface area contributed by atoms with Crippen molar-refractivity contribution in [2.75, 3.05) is 19.8 Å². The molecular formula is C57H100O5. The summed E-state index contributed by atoms with van der Waals surface area (Å²) in [5.74, 6) is -0.414. The molecule has 0 heterocycles. The van der Waals surface area contributed by atoms with Crippen molar-refractivity contribution in [1.29, 1.82) is 0 Å². The summed E-state index contributed by atoms with van der Waals surface area (Å²) in [6.07, 6.45) is 67.7. The number of ether oxygens (including phenoxy) is 3. The van der Waals surface area contributed by atoms with Crippen LogP contribution in [0.3, 0.4) is 0 Å². The van der Waals surface area contributed by atoms with E-state index in [9.17, 15) is 9.59 Å². The molecule has 5 nitrogen and oxygen atoms in total. The van der Waals surface area contributed by atoms with Gasteiger partial charge in [-0.05, 0) is 89.9 Å². The first-order chi connectivity index (χ1) is 30.6. The van der Waals surface area contributed by atoms with Crippen LogP contribution in [0.15, 0.2) is 72.9 Å². The number of carbonyl (C=O) groups is 2. The Balaban J connectivity index is 4.21. The van der Waals surface area contributed by atoms with Crippen LogP contribution >= 0.6 is 0 Å². The minimum atomic E-state index is -0.544. The van der Waals surface area contributed by atoms with Crippen molar-refractivity contribution >= 4 is 11.9 Å². The van der Waals surface area contributed by atoms with Crippen molar-refractivity contribution < 1.29 is 23.8 Å². The van der Waals surface area contributed by atoms with Crippen molar-refractivity contribution in [1.82, 2.24) is 0 Å². The van der Waals surface area contributed by atoms with Crippen LogP contribution in [-0.2, 0) is 23.8 Å². The summed E-state index contributed by atoms with van der Waals surface area (Å²) in [4.78, 5) is 25.3. The summed E-state index contributed by atoms with van der Waals surface area (Å²) in [5, 5.41) is 0. The number of rotatable bonds is 48. The average molecular weight is 865 g/mol. The van der Waals surface area contributed by atoms with Crippen LogP contribution in [-0.4, -0.2) is 37.9 Å². The molecule has 5 heteroatoms. The molecule has 358 valence electrons. The third kappa shape index (κ3) is 50.0. The maximum absolute atomic E-state index is 12.7. The zero-order chi connectivity index (χ0) is 44.9. The van der Waals surface area contributed by atoms with Crippen molar-refractivity contribution in [3.05, 3.63) is 72.9 Å². The minimum absolute atomic E-state index is 0.0750. The second-order valence-electron chi connectivity index (χ2n) is 17.4. The lowest BCUT2D eigenvalue weighted by atomic mass is 10.1. The highest BCUT2D eigenvalue weighted by atomic mass is 16.6. The van der Waals surface area contributed by atoms with Crippen molar-refractivity contribution in [3.63, 3.8) is 0 Å². The second kappa shape index (κ2) is 52.7. The van der Waals surface area contributed by atoms with Crippen LogP contribution < -0.4 is 0 Å². The van der Waals surface area contributed by atoms with Gasteiger partial charge < -0.3 is 14.2 Å². The summed E-state index contributed by atoms with van der Waals surface area (Å²) < 4.78 is 17.4. The van der Waals surface area contributed by atoms with Gasteiger partial charge in [-0.3, -0.25) is 9.59 Å². The Morgan fingerprint density at radius 1 is 0.371 bits per heavy atom. The first-order valence-electron chi connectivity index (χ1n) is 26.5. The monoisotopic (exact) mass is 865 g/mol. The Morgan fingerprint density at radius 3 is 1.19 bits per heavy atom. The molecule has 0 saturated heterocycles. The third-order valence-electron chi connectivity index (χ3n) is 11.2. The normalized spacial score (nSPS) is 12.8. The fourth-order valence-electron chi connectivity index (χ4n) is 7.30. The van der Waals surface area contributed by atoms with E-state index in [1.165, 1.54) is 135 Å². The molecule has 1 atom stereocenters. The molecule has 0 N–H and O–H groups in total. The number of unbranched alkanes of at least 4 members (excludes halogenated alkanes) is 25. The number of allylic oxidation sites excluding steroid dienone is 12. The zero-order valence-corrected chi connectivity index (χ0v) is 41.1. The number of hydrogen-bond acceptors (Lipinski definition) is 5. The van der Waals surface area contributed by atoms with Gasteiger partial charge in [0.15, 0.2) is 6.10 Å². The Kier molecular flexibility index (Phi) is 50.4. The first kappa shape index (κ1) is 59.3. The summed E-state index contributed by atoms with van der Waals surface area (Å²) in [5.41, 5.74) is 0. The average Bonchev–Trinajstić information content (AvgIpc) is 3.27. The molecule has 0 amide bonds. The van der Waals surface area contributed by atoms with Gasteiger partial charge in [-0.1, -0.05) is 222 Å². The highest BCUT2D eigenvalue weighted by Gasteiger charge is 2.17. The van der Waals surface area contributed by atoms with E-state index in [-0.39, 0.29) is 25.2 Å². The van der Waals surface area contributed by atoms with Crippen LogP contribution in [0.4, 0.5) is 0 Å². The van der Waals surface area contributed by atoms with E-state index in [2.05, 4.69) is 93.7 Å². The number of hydrogen-bond donors (Lipinski definition) is 0. The zero-order valence-electron chi connectivity index (χ0n) is 41.1. The van der Waals surface area contributed by atoms with Gasteiger partial charge in [0.05, 0.1) is 6.61 Å². The van der Waals surface area contributed by atoms with Gasteiger partial charge in [0.25, 0.3) is 0 Å². The Hall–Kier alpha value is -2.66. The Morgan fingerprint density at radius 2 is 0.726 bits per heavy atom. The molecule has 0 aromatic heterocycles. The van der Waals surface area contributed by atoms with Crippen LogP contribution in [0, 0.1) is 0 Å². The van der Waals surface area contributed by atoms with Crippen molar-refractivity contribution in [3.8, 4) is 0 Å². The van der Waals surface area contributed by atoms with Gasteiger partial charge in [0, 0.05) is 19.4 Å². The molecule has 0 aliphatic carbocycles. The van der Waals surface area contributed by atoms with Crippen molar-refractivity contribution in [2.45, 2.75) is 258 Å². The van der Waals surface area contributed by atoms with Crippen molar-refractivity contribution in [2.24, 2.45) is 0 Å². The van der Waals surface area contributed by atoms with E-state index < -0.39 is 6.10 Å². The van der Waals surface area contributed by atoms with Gasteiger partial charge in [-0.15, -0.1) is 0 Å². The van der Waals surface area contributed by atoms with Gasteiger partial charge in [-0.25, -0.2) is 0 Å². The molecule has 0 radical (unpaired) electrons. The number of esters is 2. The Labute approximate surface area is 385 Å². The van der Waals surface area contributed by atoms with E-state index in [4.69, 9.17) is 14.2 Å². The topological polar surface area (TPSA) is 61.8 Å². The van der Waals surface area contributed by atoms with E-state index in [1.807, 2.05) is 0 Å². The maximum atomic E-state index is 12.7. The summed E-state index contributed by atoms with van der Waals surface area (Å²) in [7, 11) is 0. The van der Waals surface area contributed by atoms with Crippen LogP contribution in [0.5, 0.6) is 0 Å². The maximum Gasteiger partial charge on any atom is 0.306 e. The SMILES string of the molecule is CC/C=C\C/C=C\C/C=C\C/C=C\CCCCCCCCC(=O)OCC(COCCCCCCCCCC/C=C\C/C=C\CCCCC)OC(=O)CCCCCCCCCCC. The van der Waals surface area contributed by atoms with E-state index in [0.29, 0.717) is 19.4 Å². The summed E-state index contributed by atoms with van der Waals surface area (Å²) in [6, 6.07) is 0. The lowest BCUT2D eigenvalue weighted by Gasteiger charge is -2.18. The first-order valence-corrected chi connectivity index (χ1v) is 26.5. The number of carbonyl (C=O) groups excluding carboxylic acids is 2. The van der Waals surface area contributed by atoms with E-state index in [0.717, 1.165) is 83.5 Å². The molecule has 0 spiro atoms. The second-order valence-corrected chi connectivity index (χ2v) is 17.4. The molecule has 0 aliphatic rings. The van der Waals surface area contributed by atoms with Gasteiger partial charge in [-0.2, -0.15) is 0 Å². The molecule has 0 aromatic carbocycles. The molecule has 0 fully saturated rings. The summed E-state index contributed by atoms with van der Waals surface area (Å²) in [6.45, 7) is 7.66. The largest absolute Gasteiger partial charge is 0.462 e. The predicted octanol–water partition coefficient (Wildman–Crippen LogP) is 17.9. The molecule has 1 unspecified atom stereocenters. The fourth-order valence-corrected chi connectivity index (χ4v) is 7.30. The fraction of sp³-hybridized carbons (Fsp3) is 0.754. The van der Waals surface area contributed by atoms with Crippen LogP contribution in [0.2, 0.25) is 0 Å². The standard InChI is InChI=1S/C57H100O5/c1-4-7-10-13-16-19-21-23-25-27-29-30-32-34-36-39-41-44-47-50-56(58)61-54-55(62-57(59)51-48-45-42-38-18-15-12-9-6-3)53-60-52-49-46-43-40-37-35-33-31-28-26-24-22-20-17-14-11-8-5-2/h7,10,16-17,19-20,23-26,29-30,55H,4-6,8-9,11-15,18,21-22,27-28,31-54H2,1-3H3/b10-7-,19-16-,20-17-,25-23-,26-24-,30-29-. The molecule has 0 aromatic rings. The van der Waals surface area contributed by atoms with E-state index in [1.54, 1.807) is 0 Å². The van der Waals surface area contributed by atoms with Crippen LogP contribution in [0.1, 0.15) is 252 Å². The lowest BCUT2D eigenvalue weighted by Crippen LogP contribution is -2.30. The molecule has 0 rings (SSSR count).